The standard InChI is InChI=1S/C18H32N2O2/c21-18-10-6-12-20(18)16-7-5-11-19(15-16)13-14-22-17-8-3-1-2-4-9-17/h16-17H,1-15H2/t16-/m0/s1. The highest BCUT2D eigenvalue weighted by Gasteiger charge is 2.31. The molecule has 2 saturated heterocycles. The first-order valence-electron chi connectivity index (χ1n) is 9.46. The average Bonchev–Trinajstić information content (AvgIpc) is 2.80. The van der Waals surface area contributed by atoms with Gasteiger partial charge in [-0.2, -0.15) is 0 Å². The van der Waals surface area contributed by atoms with E-state index in [2.05, 4.69) is 9.80 Å². The molecule has 4 nitrogen and oxygen atoms in total. The van der Waals surface area contributed by atoms with Gasteiger partial charge < -0.3 is 9.64 Å². The van der Waals surface area contributed by atoms with E-state index < -0.39 is 0 Å². The molecule has 0 aromatic rings. The summed E-state index contributed by atoms with van der Waals surface area (Å²) in [6, 6.07) is 0.460. The van der Waals surface area contributed by atoms with Gasteiger partial charge in [0.1, 0.15) is 0 Å². The van der Waals surface area contributed by atoms with Crippen molar-refractivity contribution >= 4 is 5.91 Å². The van der Waals surface area contributed by atoms with E-state index in [1.165, 1.54) is 57.9 Å². The lowest BCUT2D eigenvalue weighted by atomic mass is 10.0. The van der Waals surface area contributed by atoms with Gasteiger partial charge in [-0.3, -0.25) is 9.69 Å². The molecule has 0 spiro atoms. The van der Waals surface area contributed by atoms with E-state index in [1.807, 2.05) is 0 Å². The summed E-state index contributed by atoms with van der Waals surface area (Å²) >= 11 is 0. The first kappa shape index (κ1) is 16.3. The van der Waals surface area contributed by atoms with Crippen molar-refractivity contribution < 1.29 is 9.53 Å². The van der Waals surface area contributed by atoms with Crippen molar-refractivity contribution in [3.05, 3.63) is 0 Å². The van der Waals surface area contributed by atoms with Crippen molar-refractivity contribution in [1.29, 1.82) is 0 Å². The van der Waals surface area contributed by atoms with Crippen molar-refractivity contribution in [3.63, 3.8) is 0 Å². The van der Waals surface area contributed by atoms with Crippen LogP contribution >= 0.6 is 0 Å². The van der Waals surface area contributed by atoms with Gasteiger partial charge in [-0.1, -0.05) is 25.7 Å². The van der Waals surface area contributed by atoms with Gasteiger partial charge in [-0.15, -0.1) is 0 Å². The average molecular weight is 308 g/mol. The normalized spacial score (nSPS) is 29.0. The number of ether oxygens (including phenoxy) is 1. The molecule has 0 unspecified atom stereocenters. The topological polar surface area (TPSA) is 32.8 Å². The van der Waals surface area contributed by atoms with Gasteiger partial charge in [0.15, 0.2) is 0 Å². The molecular formula is C18H32N2O2. The monoisotopic (exact) mass is 308 g/mol. The highest BCUT2D eigenvalue weighted by molar-refractivity contribution is 5.78. The van der Waals surface area contributed by atoms with Crippen LogP contribution < -0.4 is 0 Å². The Kier molecular flexibility index (Phi) is 6.13. The molecule has 1 aliphatic carbocycles. The molecule has 3 rings (SSSR count). The largest absolute Gasteiger partial charge is 0.377 e. The fraction of sp³-hybridized carbons (Fsp3) is 0.944. The van der Waals surface area contributed by atoms with Gasteiger partial charge in [-0.05, 0) is 38.6 Å². The molecule has 1 atom stereocenters. The van der Waals surface area contributed by atoms with Crippen LogP contribution in [0.1, 0.15) is 64.2 Å². The van der Waals surface area contributed by atoms with E-state index in [0.717, 1.165) is 39.1 Å². The Balaban J connectivity index is 1.38. The van der Waals surface area contributed by atoms with E-state index in [9.17, 15) is 4.79 Å². The molecule has 4 heteroatoms. The van der Waals surface area contributed by atoms with E-state index in [4.69, 9.17) is 4.74 Å². The van der Waals surface area contributed by atoms with E-state index >= 15 is 0 Å². The van der Waals surface area contributed by atoms with Crippen LogP contribution in [0.25, 0.3) is 0 Å². The lowest BCUT2D eigenvalue weighted by Crippen LogP contribution is -2.49. The third-order valence-electron chi connectivity index (χ3n) is 5.59. The second kappa shape index (κ2) is 8.30. The number of hydrogen-bond acceptors (Lipinski definition) is 3. The molecule has 2 aliphatic heterocycles. The summed E-state index contributed by atoms with van der Waals surface area (Å²) in [4.78, 5) is 16.6. The number of piperidine rings is 1. The van der Waals surface area contributed by atoms with Gasteiger partial charge in [0.05, 0.1) is 12.7 Å². The zero-order valence-electron chi connectivity index (χ0n) is 14.0. The number of carbonyl (C=O) groups excluding carboxylic acids is 1. The Hall–Kier alpha value is -0.610. The highest BCUT2D eigenvalue weighted by atomic mass is 16.5. The van der Waals surface area contributed by atoms with E-state index in [-0.39, 0.29) is 0 Å². The Bertz CT molecular complexity index is 353. The number of nitrogens with zero attached hydrogens (tertiary/aromatic N) is 2. The van der Waals surface area contributed by atoms with E-state index in [1.54, 1.807) is 0 Å². The number of likely N-dealkylation sites (tertiary alicyclic amines) is 2. The molecular weight excluding hydrogens is 276 g/mol. The Morgan fingerprint density at radius 3 is 2.50 bits per heavy atom. The van der Waals surface area contributed by atoms with Crippen molar-refractivity contribution in [2.45, 2.75) is 76.4 Å². The predicted molar refractivity (Wildman–Crippen MR) is 87.9 cm³/mol. The van der Waals surface area contributed by atoms with E-state index in [0.29, 0.717) is 18.1 Å². The van der Waals surface area contributed by atoms with Crippen LogP contribution in [-0.2, 0) is 9.53 Å². The third-order valence-corrected chi connectivity index (χ3v) is 5.59. The maximum Gasteiger partial charge on any atom is 0.222 e. The van der Waals surface area contributed by atoms with Gasteiger partial charge in [-0.25, -0.2) is 0 Å². The molecule has 0 bridgehead atoms. The zero-order chi connectivity index (χ0) is 15.2. The summed E-state index contributed by atoms with van der Waals surface area (Å²) in [6.45, 7) is 5.11. The second-order valence-electron chi connectivity index (χ2n) is 7.27. The fourth-order valence-electron chi connectivity index (χ4n) is 4.30. The minimum Gasteiger partial charge on any atom is -0.377 e. The second-order valence-corrected chi connectivity index (χ2v) is 7.27. The number of carbonyl (C=O) groups is 1. The molecule has 0 aromatic carbocycles. The molecule has 126 valence electrons. The molecule has 22 heavy (non-hydrogen) atoms. The van der Waals surface area contributed by atoms with Crippen LogP contribution in [0.2, 0.25) is 0 Å². The number of hydrogen-bond donors (Lipinski definition) is 0. The van der Waals surface area contributed by atoms with Gasteiger partial charge in [0.25, 0.3) is 0 Å². The fourth-order valence-corrected chi connectivity index (χ4v) is 4.30. The van der Waals surface area contributed by atoms with Crippen LogP contribution in [0.4, 0.5) is 0 Å². The molecule has 0 radical (unpaired) electrons. The lowest BCUT2D eigenvalue weighted by molar-refractivity contribution is -0.130. The molecule has 3 aliphatic rings. The Labute approximate surface area is 135 Å². The summed E-state index contributed by atoms with van der Waals surface area (Å²) < 4.78 is 6.13. The zero-order valence-corrected chi connectivity index (χ0v) is 14.0. The van der Waals surface area contributed by atoms with Gasteiger partial charge >= 0.3 is 0 Å². The van der Waals surface area contributed by atoms with Gasteiger partial charge in [0, 0.05) is 32.1 Å². The first-order valence-corrected chi connectivity index (χ1v) is 9.46. The van der Waals surface area contributed by atoms with Crippen LogP contribution in [0.5, 0.6) is 0 Å². The molecule has 0 aromatic heterocycles. The van der Waals surface area contributed by atoms with Crippen LogP contribution in [-0.4, -0.2) is 60.6 Å². The lowest BCUT2D eigenvalue weighted by Gasteiger charge is -2.37. The first-order chi connectivity index (χ1) is 10.8. The van der Waals surface area contributed by atoms with Crippen molar-refractivity contribution in [3.8, 4) is 0 Å². The summed E-state index contributed by atoms with van der Waals surface area (Å²) in [5, 5.41) is 0. The summed E-state index contributed by atoms with van der Waals surface area (Å²) in [5.41, 5.74) is 0. The maximum atomic E-state index is 11.9. The SMILES string of the molecule is O=C1CCCN1[C@H]1CCCN(CCOC2CCCCCC2)C1. The summed E-state index contributed by atoms with van der Waals surface area (Å²) in [7, 11) is 0. The van der Waals surface area contributed by atoms with Crippen LogP contribution in [0, 0.1) is 0 Å². The molecule has 3 fully saturated rings. The Morgan fingerprint density at radius 2 is 1.77 bits per heavy atom. The third kappa shape index (κ3) is 4.45. The van der Waals surface area contributed by atoms with Crippen LogP contribution in [0.3, 0.4) is 0 Å². The quantitative estimate of drug-likeness (QED) is 0.732. The minimum absolute atomic E-state index is 0.376. The van der Waals surface area contributed by atoms with Crippen molar-refractivity contribution in [2.75, 3.05) is 32.8 Å². The summed E-state index contributed by atoms with van der Waals surface area (Å²) in [5.74, 6) is 0.376. The number of rotatable bonds is 5. The van der Waals surface area contributed by atoms with Crippen molar-refractivity contribution in [1.82, 2.24) is 9.80 Å². The predicted octanol–water partition coefficient (Wildman–Crippen LogP) is 2.81. The molecule has 2 heterocycles. The van der Waals surface area contributed by atoms with Crippen LogP contribution in [0.15, 0.2) is 0 Å². The summed E-state index contributed by atoms with van der Waals surface area (Å²) in [6.07, 6.45) is 12.7. The molecule has 1 saturated carbocycles. The Morgan fingerprint density at radius 1 is 0.955 bits per heavy atom. The smallest absolute Gasteiger partial charge is 0.222 e. The minimum atomic E-state index is 0.376. The van der Waals surface area contributed by atoms with Crippen molar-refractivity contribution in [2.24, 2.45) is 0 Å². The maximum absolute atomic E-state index is 11.9. The number of amides is 1. The van der Waals surface area contributed by atoms with Gasteiger partial charge in [0.2, 0.25) is 5.91 Å². The molecule has 1 amide bonds. The molecule has 0 N–H and O–H groups in total. The highest BCUT2D eigenvalue weighted by Crippen LogP contribution is 2.22.